The SMILES string of the molecule is Cc1ccc(S(=O)(=O)NC2(CN)CCCCC2C)c(F)c1. The maximum atomic E-state index is 14.0. The van der Waals surface area contributed by atoms with Crippen molar-refractivity contribution >= 4 is 10.0 Å². The summed E-state index contributed by atoms with van der Waals surface area (Å²) >= 11 is 0. The molecule has 0 radical (unpaired) electrons. The van der Waals surface area contributed by atoms with Gasteiger partial charge >= 0.3 is 0 Å². The van der Waals surface area contributed by atoms with Crippen LogP contribution in [0.25, 0.3) is 0 Å². The molecule has 1 aromatic rings. The van der Waals surface area contributed by atoms with Gasteiger partial charge in [-0.2, -0.15) is 0 Å². The van der Waals surface area contributed by atoms with Crippen molar-refractivity contribution in [1.29, 1.82) is 0 Å². The van der Waals surface area contributed by atoms with Gasteiger partial charge in [-0.05, 0) is 43.4 Å². The van der Waals surface area contributed by atoms with Crippen molar-refractivity contribution in [2.45, 2.75) is 50.0 Å². The van der Waals surface area contributed by atoms with E-state index < -0.39 is 21.4 Å². The van der Waals surface area contributed by atoms with E-state index in [1.165, 1.54) is 12.1 Å². The second-order valence-electron chi connectivity index (χ2n) is 6.05. The van der Waals surface area contributed by atoms with Crippen molar-refractivity contribution < 1.29 is 12.8 Å². The van der Waals surface area contributed by atoms with E-state index in [1.54, 1.807) is 13.0 Å². The molecule has 0 spiro atoms. The van der Waals surface area contributed by atoms with Gasteiger partial charge in [0.1, 0.15) is 10.7 Å². The molecule has 3 N–H and O–H groups in total. The molecule has 1 saturated carbocycles. The third-order valence-electron chi connectivity index (χ3n) is 4.53. The highest BCUT2D eigenvalue weighted by atomic mass is 32.2. The molecule has 118 valence electrons. The van der Waals surface area contributed by atoms with Crippen molar-refractivity contribution in [3.63, 3.8) is 0 Å². The van der Waals surface area contributed by atoms with Gasteiger partial charge in [-0.1, -0.05) is 25.8 Å². The molecular formula is C15H23FN2O2S. The van der Waals surface area contributed by atoms with E-state index in [0.717, 1.165) is 19.3 Å². The van der Waals surface area contributed by atoms with Crippen molar-refractivity contribution in [3.05, 3.63) is 29.6 Å². The molecule has 6 heteroatoms. The standard InChI is InChI=1S/C15H23FN2O2S/c1-11-6-7-14(13(16)9-11)21(19,20)18-15(10-17)8-4-3-5-12(15)2/h6-7,9,12,18H,3-5,8,10,17H2,1-2H3. The number of benzene rings is 1. The first kappa shape index (κ1) is 16.4. The van der Waals surface area contributed by atoms with Gasteiger partial charge in [-0.25, -0.2) is 17.5 Å². The number of halogens is 1. The molecule has 1 fully saturated rings. The molecule has 2 unspecified atom stereocenters. The topological polar surface area (TPSA) is 72.2 Å². The average molecular weight is 314 g/mol. The fourth-order valence-electron chi connectivity index (χ4n) is 3.06. The van der Waals surface area contributed by atoms with E-state index in [-0.39, 0.29) is 17.4 Å². The zero-order chi connectivity index (χ0) is 15.7. The van der Waals surface area contributed by atoms with Crippen LogP contribution in [0, 0.1) is 18.7 Å². The van der Waals surface area contributed by atoms with Gasteiger partial charge in [0.15, 0.2) is 0 Å². The predicted octanol–water partition coefficient (Wildman–Crippen LogP) is 2.32. The van der Waals surface area contributed by atoms with Crippen molar-refractivity contribution in [2.24, 2.45) is 11.7 Å². The lowest BCUT2D eigenvalue weighted by atomic mass is 9.74. The minimum Gasteiger partial charge on any atom is -0.329 e. The van der Waals surface area contributed by atoms with E-state index in [4.69, 9.17) is 5.73 Å². The molecule has 1 aromatic carbocycles. The Morgan fingerprint density at radius 3 is 2.71 bits per heavy atom. The Balaban J connectivity index is 2.35. The summed E-state index contributed by atoms with van der Waals surface area (Å²) in [5.74, 6) is -0.585. The van der Waals surface area contributed by atoms with E-state index >= 15 is 0 Å². The Labute approximate surface area is 126 Å². The molecule has 1 aliphatic carbocycles. The van der Waals surface area contributed by atoms with Crippen LogP contribution in [0.4, 0.5) is 4.39 Å². The van der Waals surface area contributed by atoms with Gasteiger partial charge in [-0.3, -0.25) is 0 Å². The Hall–Kier alpha value is -0.980. The van der Waals surface area contributed by atoms with Gasteiger partial charge in [0.25, 0.3) is 0 Å². The average Bonchev–Trinajstić information content (AvgIpc) is 2.40. The second kappa shape index (κ2) is 6.02. The number of hydrogen-bond acceptors (Lipinski definition) is 3. The van der Waals surface area contributed by atoms with E-state index in [9.17, 15) is 12.8 Å². The fraction of sp³-hybridized carbons (Fsp3) is 0.600. The van der Waals surface area contributed by atoms with Crippen LogP contribution in [-0.4, -0.2) is 20.5 Å². The number of nitrogens with two attached hydrogens (primary N) is 1. The van der Waals surface area contributed by atoms with Crippen molar-refractivity contribution in [1.82, 2.24) is 4.72 Å². The lowest BCUT2D eigenvalue weighted by Crippen LogP contribution is -2.59. The first-order chi connectivity index (χ1) is 9.81. The number of aryl methyl sites for hydroxylation is 1. The fourth-order valence-corrected chi connectivity index (χ4v) is 4.65. The molecule has 21 heavy (non-hydrogen) atoms. The molecule has 0 amide bonds. The molecule has 2 rings (SSSR count). The molecule has 0 heterocycles. The summed E-state index contributed by atoms with van der Waals surface area (Å²) in [6.45, 7) is 3.94. The second-order valence-corrected chi connectivity index (χ2v) is 7.70. The third kappa shape index (κ3) is 3.27. The maximum absolute atomic E-state index is 14.0. The highest BCUT2D eigenvalue weighted by Crippen LogP contribution is 2.34. The van der Waals surface area contributed by atoms with Crippen LogP contribution >= 0.6 is 0 Å². The van der Waals surface area contributed by atoms with Crippen LogP contribution in [0.3, 0.4) is 0 Å². The quantitative estimate of drug-likeness (QED) is 0.896. The molecule has 0 aliphatic heterocycles. The molecule has 0 aromatic heterocycles. The largest absolute Gasteiger partial charge is 0.329 e. The normalized spacial score (nSPS) is 26.8. The lowest BCUT2D eigenvalue weighted by molar-refractivity contribution is 0.191. The summed E-state index contributed by atoms with van der Waals surface area (Å²) in [7, 11) is -3.92. The van der Waals surface area contributed by atoms with Crippen molar-refractivity contribution in [3.8, 4) is 0 Å². The van der Waals surface area contributed by atoms with E-state index in [2.05, 4.69) is 4.72 Å². The molecular weight excluding hydrogens is 291 g/mol. The molecule has 2 atom stereocenters. The van der Waals surface area contributed by atoms with Gasteiger partial charge in [-0.15, -0.1) is 0 Å². The van der Waals surface area contributed by atoms with Gasteiger partial charge in [0.05, 0.1) is 0 Å². The number of rotatable bonds is 4. The highest BCUT2D eigenvalue weighted by molar-refractivity contribution is 7.89. The number of sulfonamides is 1. The molecule has 1 aliphatic rings. The highest BCUT2D eigenvalue weighted by Gasteiger charge is 2.41. The van der Waals surface area contributed by atoms with Crippen LogP contribution < -0.4 is 10.5 Å². The first-order valence-corrected chi connectivity index (χ1v) is 8.79. The molecule has 0 bridgehead atoms. The van der Waals surface area contributed by atoms with Crippen LogP contribution in [0.2, 0.25) is 0 Å². The zero-order valence-electron chi connectivity index (χ0n) is 12.5. The van der Waals surface area contributed by atoms with E-state index in [1.807, 2.05) is 6.92 Å². The summed E-state index contributed by atoms with van der Waals surface area (Å²) in [5.41, 5.74) is 5.87. The van der Waals surface area contributed by atoms with E-state index in [0.29, 0.717) is 12.0 Å². The predicted molar refractivity (Wildman–Crippen MR) is 80.9 cm³/mol. The Bertz CT molecular complexity index is 618. The summed E-state index contributed by atoms with van der Waals surface area (Å²) in [4.78, 5) is -0.307. The number of hydrogen-bond donors (Lipinski definition) is 2. The lowest BCUT2D eigenvalue weighted by Gasteiger charge is -2.42. The molecule has 0 saturated heterocycles. The molecule has 4 nitrogen and oxygen atoms in total. The Morgan fingerprint density at radius 1 is 1.43 bits per heavy atom. The monoisotopic (exact) mass is 314 g/mol. The van der Waals surface area contributed by atoms with Crippen molar-refractivity contribution in [2.75, 3.05) is 6.54 Å². The van der Waals surface area contributed by atoms with Gasteiger partial charge in [0, 0.05) is 12.1 Å². The van der Waals surface area contributed by atoms with Crippen LogP contribution in [0.1, 0.15) is 38.2 Å². The summed E-state index contributed by atoms with van der Waals surface area (Å²) < 4.78 is 41.7. The summed E-state index contributed by atoms with van der Waals surface area (Å²) in [6, 6.07) is 4.13. The minimum atomic E-state index is -3.92. The maximum Gasteiger partial charge on any atom is 0.244 e. The van der Waals surface area contributed by atoms with Gasteiger partial charge < -0.3 is 5.73 Å². The smallest absolute Gasteiger partial charge is 0.244 e. The third-order valence-corrected chi connectivity index (χ3v) is 6.12. The van der Waals surface area contributed by atoms with Gasteiger partial charge in [0.2, 0.25) is 10.0 Å². The Morgan fingerprint density at radius 2 is 2.14 bits per heavy atom. The first-order valence-electron chi connectivity index (χ1n) is 7.31. The number of nitrogens with one attached hydrogen (secondary N) is 1. The Kier molecular flexibility index (Phi) is 4.70. The van der Waals surface area contributed by atoms with Crippen LogP contribution in [0.5, 0.6) is 0 Å². The van der Waals surface area contributed by atoms with Crippen LogP contribution in [0.15, 0.2) is 23.1 Å². The summed E-state index contributed by atoms with van der Waals surface area (Å²) in [6.07, 6.45) is 3.62. The zero-order valence-corrected chi connectivity index (χ0v) is 13.3. The minimum absolute atomic E-state index is 0.138. The summed E-state index contributed by atoms with van der Waals surface area (Å²) in [5, 5.41) is 0. The van der Waals surface area contributed by atoms with Crippen LogP contribution in [-0.2, 0) is 10.0 Å².